The minimum Gasteiger partial charge on any atom is -0.310 e. The molecule has 140 valence electrons. The molecule has 0 aliphatic heterocycles. The summed E-state index contributed by atoms with van der Waals surface area (Å²) < 4.78 is 0. The number of hydrogen-bond acceptors (Lipinski definition) is 3. The van der Waals surface area contributed by atoms with E-state index in [-0.39, 0.29) is 11.8 Å². The Bertz CT molecular complexity index is 936. The predicted molar refractivity (Wildman–Crippen MR) is 112 cm³/mol. The van der Waals surface area contributed by atoms with Crippen molar-refractivity contribution in [2.75, 3.05) is 5.32 Å². The molecule has 1 aliphatic carbocycles. The largest absolute Gasteiger partial charge is 0.310 e. The normalized spacial score (nSPS) is 15.1. The summed E-state index contributed by atoms with van der Waals surface area (Å²) in [5, 5.41) is 3.83. The van der Waals surface area contributed by atoms with Gasteiger partial charge in [0, 0.05) is 35.3 Å². The van der Waals surface area contributed by atoms with E-state index in [1.54, 1.807) is 6.20 Å². The van der Waals surface area contributed by atoms with Crippen LogP contribution in [0.25, 0.3) is 16.5 Å². The molecular formula is C23H27N3O. The zero-order chi connectivity index (χ0) is 19.4. The SMILES string of the molecule is C=C(/C=C(C)\C(=C/C)c1cnc2cc(NC(=O)C3CC3)ncc2c1)CCC. The second kappa shape index (κ2) is 8.30. The number of aromatic nitrogens is 2. The number of amides is 1. The molecule has 0 atom stereocenters. The number of hydrogen-bond donors (Lipinski definition) is 1. The Labute approximate surface area is 161 Å². The van der Waals surface area contributed by atoms with Gasteiger partial charge in [0.15, 0.2) is 0 Å². The number of nitrogens with one attached hydrogen (secondary N) is 1. The maximum atomic E-state index is 11.9. The molecule has 0 saturated heterocycles. The Morgan fingerprint density at radius 1 is 1.30 bits per heavy atom. The summed E-state index contributed by atoms with van der Waals surface area (Å²) in [5.74, 6) is 0.785. The molecule has 0 spiro atoms. The van der Waals surface area contributed by atoms with Crippen LogP contribution in [0.3, 0.4) is 0 Å². The molecule has 0 unspecified atom stereocenters. The molecule has 3 rings (SSSR count). The van der Waals surface area contributed by atoms with Crippen molar-refractivity contribution in [2.24, 2.45) is 5.92 Å². The number of carbonyl (C=O) groups excluding carboxylic acids is 1. The van der Waals surface area contributed by atoms with Gasteiger partial charge in [-0.15, -0.1) is 0 Å². The van der Waals surface area contributed by atoms with Crippen LogP contribution in [0, 0.1) is 5.92 Å². The van der Waals surface area contributed by atoms with Gasteiger partial charge in [-0.05, 0) is 50.3 Å². The molecule has 1 fully saturated rings. The summed E-state index contributed by atoms with van der Waals surface area (Å²) in [5.41, 5.74) is 5.35. The van der Waals surface area contributed by atoms with Gasteiger partial charge in [0.1, 0.15) is 5.82 Å². The Hall–Kier alpha value is -2.75. The quantitative estimate of drug-likeness (QED) is 0.645. The number of pyridine rings is 2. The van der Waals surface area contributed by atoms with Gasteiger partial charge in [0.25, 0.3) is 0 Å². The Kier molecular flexibility index (Phi) is 5.84. The second-order valence-electron chi connectivity index (χ2n) is 7.19. The van der Waals surface area contributed by atoms with Crippen molar-refractivity contribution in [1.82, 2.24) is 9.97 Å². The highest BCUT2D eigenvalue weighted by atomic mass is 16.2. The van der Waals surface area contributed by atoms with E-state index >= 15 is 0 Å². The van der Waals surface area contributed by atoms with Crippen LogP contribution in [0.2, 0.25) is 0 Å². The first-order valence-corrected chi connectivity index (χ1v) is 9.61. The lowest BCUT2D eigenvalue weighted by atomic mass is 9.97. The molecular weight excluding hydrogens is 334 g/mol. The summed E-state index contributed by atoms with van der Waals surface area (Å²) in [6.07, 6.45) is 12.0. The minimum absolute atomic E-state index is 0.0581. The van der Waals surface area contributed by atoms with Crippen LogP contribution >= 0.6 is 0 Å². The molecule has 4 nitrogen and oxygen atoms in total. The van der Waals surface area contributed by atoms with Gasteiger partial charge >= 0.3 is 0 Å². The van der Waals surface area contributed by atoms with Gasteiger partial charge in [-0.2, -0.15) is 0 Å². The number of nitrogens with zero attached hydrogens (tertiary/aromatic N) is 2. The lowest BCUT2D eigenvalue weighted by molar-refractivity contribution is -0.117. The van der Waals surface area contributed by atoms with Gasteiger partial charge in [0.2, 0.25) is 5.91 Å². The second-order valence-corrected chi connectivity index (χ2v) is 7.19. The van der Waals surface area contributed by atoms with Crippen molar-refractivity contribution < 1.29 is 4.79 Å². The molecule has 1 saturated carbocycles. The van der Waals surface area contributed by atoms with Gasteiger partial charge in [0.05, 0.1) is 5.52 Å². The van der Waals surface area contributed by atoms with Crippen molar-refractivity contribution in [1.29, 1.82) is 0 Å². The first-order valence-electron chi connectivity index (χ1n) is 9.61. The van der Waals surface area contributed by atoms with E-state index in [0.717, 1.165) is 53.3 Å². The van der Waals surface area contributed by atoms with Crippen LogP contribution in [-0.4, -0.2) is 15.9 Å². The number of allylic oxidation sites excluding steroid dienone is 5. The number of rotatable bonds is 7. The summed E-state index contributed by atoms with van der Waals surface area (Å²) in [6.45, 7) is 10.4. The summed E-state index contributed by atoms with van der Waals surface area (Å²) in [4.78, 5) is 20.9. The molecule has 27 heavy (non-hydrogen) atoms. The molecule has 4 heteroatoms. The van der Waals surface area contributed by atoms with Crippen LogP contribution in [0.1, 0.15) is 52.0 Å². The standard InChI is InChI=1S/C23H27N3O/c1-5-7-15(3)10-16(4)20(6-2)18-11-19-14-25-22(12-21(19)24-13-18)26-23(27)17-8-9-17/h6,10-14,17H,3,5,7-9H2,1-2,4H3,(H,25,26,27)/b16-10-,20-6+. The van der Waals surface area contributed by atoms with E-state index in [9.17, 15) is 4.79 Å². The van der Waals surface area contributed by atoms with Crippen LogP contribution in [-0.2, 0) is 4.79 Å². The summed E-state index contributed by atoms with van der Waals surface area (Å²) in [6, 6.07) is 3.93. The Morgan fingerprint density at radius 2 is 2.07 bits per heavy atom. The number of carbonyl (C=O) groups is 1. The molecule has 0 radical (unpaired) electrons. The maximum absolute atomic E-state index is 11.9. The summed E-state index contributed by atoms with van der Waals surface area (Å²) >= 11 is 0. The maximum Gasteiger partial charge on any atom is 0.228 e. The molecule has 2 aromatic heterocycles. The smallest absolute Gasteiger partial charge is 0.228 e. The van der Waals surface area contributed by atoms with Crippen molar-refractivity contribution in [3.63, 3.8) is 0 Å². The lowest BCUT2D eigenvalue weighted by Crippen LogP contribution is -2.14. The number of anilines is 1. The highest BCUT2D eigenvalue weighted by molar-refractivity contribution is 5.95. The fourth-order valence-electron chi connectivity index (χ4n) is 3.21. The average Bonchev–Trinajstić information content (AvgIpc) is 3.47. The van der Waals surface area contributed by atoms with E-state index in [1.807, 2.05) is 19.2 Å². The highest BCUT2D eigenvalue weighted by Gasteiger charge is 2.29. The molecule has 0 aromatic carbocycles. The third kappa shape index (κ3) is 4.70. The number of fused-ring (bicyclic) bond motifs is 1. The highest BCUT2D eigenvalue weighted by Crippen LogP contribution is 2.30. The Morgan fingerprint density at radius 3 is 2.74 bits per heavy atom. The average molecular weight is 361 g/mol. The molecule has 1 amide bonds. The van der Waals surface area contributed by atoms with Crippen molar-refractivity contribution in [3.05, 3.63) is 60.0 Å². The third-order valence-corrected chi connectivity index (χ3v) is 4.78. The van der Waals surface area contributed by atoms with E-state index in [4.69, 9.17) is 0 Å². The zero-order valence-electron chi connectivity index (χ0n) is 16.4. The first-order chi connectivity index (χ1) is 13.0. The van der Waals surface area contributed by atoms with Crippen LogP contribution in [0.5, 0.6) is 0 Å². The van der Waals surface area contributed by atoms with E-state index in [0.29, 0.717) is 5.82 Å². The monoisotopic (exact) mass is 361 g/mol. The van der Waals surface area contributed by atoms with Gasteiger partial charge in [-0.3, -0.25) is 9.78 Å². The van der Waals surface area contributed by atoms with Crippen LogP contribution < -0.4 is 5.32 Å². The molecule has 1 aliphatic rings. The van der Waals surface area contributed by atoms with Crippen LogP contribution in [0.15, 0.2) is 54.4 Å². The Balaban J connectivity index is 1.84. The van der Waals surface area contributed by atoms with Crippen molar-refractivity contribution in [3.8, 4) is 0 Å². The lowest BCUT2D eigenvalue weighted by Gasteiger charge is -2.11. The minimum atomic E-state index is 0.0581. The van der Waals surface area contributed by atoms with E-state index < -0.39 is 0 Å². The van der Waals surface area contributed by atoms with Crippen molar-refractivity contribution >= 4 is 28.2 Å². The third-order valence-electron chi connectivity index (χ3n) is 4.78. The van der Waals surface area contributed by atoms with Crippen molar-refractivity contribution in [2.45, 2.75) is 46.5 Å². The van der Waals surface area contributed by atoms with E-state index in [1.165, 1.54) is 5.57 Å². The molecule has 2 aromatic rings. The topological polar surface area (TPSA) is 54.9 Å². The fraction of sp³-hybridized carbons (Fsp3) is 0.348. The van der Waals surface area contributed by atoms with Gasteiger partial charge in [-0.1, -0.05) is 37.6 Å². The predicted octanol–water partition coefficient (Wildman–Crippen LogP) is 5.68. The molecule has 0 bridgehead atoms. The van der Waals surface area contributed by atoms with Gasteiger partial charge in [-0.25, -0.2) is 4.98 Å². The summed E-state index contributed by atoms with van der Waals surface area (Å²) in [7, 11) is 0. The molecule has 1 N–H and O–H groups in total. The van der Waals surface area contributed by atoms with Crippen LogP contribution in [0.4, 0.5) is 5.82 Å². The van der Waals surface area contributed by atoms with Gasteiger partial charge < -0.3 is 5.32 Å². The fourth-order valence-corrected chi connectivity index (χ4v) is 3.21. The van der Waals surface area contributed by atoms with E-state index in [2.05, 4.69) is 53.9 Å². The first kappa shape index (κ1) is 19.0. The zero-order valence-corrected chi connectivity index (χ0v) is 16.4. The molecule has 2 heterocycles.